The zero-order valence-corrected chi connectivity index (χ0v) is 7.55. The van der Waals surface area contributed by atoms with E-state index in [1.165, 1.54) is 0 Å². The molecule has 0 spiro atoms. The molecule has 0 aliphatic carbocycles. The van der Waals surface area contributed by atoms with E-state index in [1.807, 2.05) is 19.9 Å². The zero-order chi connectivity index (χ0) is 9.40. The van der Waals surface area contributed by atoms with Crippen LogP contribution in [0.2, 0.25) is 0 Å². The van der Waals surface area contributed by atoms with Crippen molar-refractivity contribution in [3.05, 3.63) is 0 Å². The Bertz CT molecular complexity index is 174. The molecule has 0 aliphatic heterocycles. The lowest BCUT2D eigenvalue weighted by atomic mass is 10.2. The highest BCUT2D eigenvalue weighted by atomic mass is 16.2. The Labute approximate surface area is 72.9 Å². The predicted octanol–water partition coefficient (Wildman–Crippen LogP) is 0.998. The second-order valence-electron chi connectivity index (χ2n) is 2.47. The van der Waals surface area contributed by atoms with Crippen LogP contribution in [-0.4, -0.2) is 18.6 Å². The van der Waals surface area contributed by atoms with Crippen molar-refractivity contribution in [2.45, 2.75) is 32.7 Å². The van der Waals surface area contributed by atoms with Crippen molar-refractivity contribution in [2.75, 3.05) is 6.54 Å². The molecule has 0 fully saturated rings. The van der Waals surface area contributed by atoms with Gasteiger partial charge < -0.3 is 10.6 Å². The van der Waals surface area contributed by atoms with Gasteiger partial charge in [-0.25, -0.2) is 4.79 Å². The molecule has 1 atom stereocenters. The second kappa shape index (κ2) is 6.47. The monoisotopic (exact) mass is 169 g/mol. The van der Waals surface area contributed by atoms with Crippen LogP contribution in [0.25, 0.3) is 0 Å². The lowest BCUT2D eigenvalue weighted by Gasteiger charge is -2.09. The van der Waals surface area contributed by atoms with Crippen molar-refractivity contribution >= 4 is 6.03 Å². The summed E-state index contributed by atoms with van der Waals surface area (Å²) >= 11 is 0. The standard InChI is InChI=1S/C8H15N3O/c1-3-5-7(6-9)11-8(12)10-4-2/h7H,3-5H2,1-2H3,(H2,10,11,12). The molecule has 4 nitrogen and oxygen atoms in total. The van der Waals surface area contributed by atoms with Crippen molar-refractivity contribution in [3.8, 4) is 6.07 Å². The number of carbonyl (C=O) groups is 1. The third-order valence-electron chi connectivity index (χ3n) is 1.38. The summed E-state index contributed by atoms with van der Waals surface area (Å²) in [5, 5.41) is 13.7. The highest BCUT2D eigenvalue weighted by molar-refractivity contribution is 5.74. The molecule has 0 saturated carbocycles. The van der Waals surface area contributed by atoms with Gasteiger partial charge >= 0.3 is 6.03 Å². The number of rotatable bonds is 4. The molecule has 0 heterocycles. The van der Waals surface area contributed by atoms with Gasteiger partial charge in [-0.3, -0.25) is 0 Å². The molecule has 0 aromatic rings. The minimum absolute atomic E-state index is 0.266. The number of nitriles is 1. The van der Waals surface area contributed by atoms with Gasteiger partial charge in [-0.2, -0.15) is 5.26 Å². The van der Waals surface area contributed by atoms with Crippen LogP contribution in [-0.2, 0) is 0 Å². The molecule has 0 saturated heterocycles. The van der Waals surface area contributed by atoms with Gasteiger partial charge in [0.05, 0.1) is 6.07 Å². The van der Waals surface area contributed by atoms with Crippen LogP contribution in [0.15, 0.2) is 0 Å². The van der Waals surface area contributed by atoms with E-state index in [2.05, 4.69) is 10.6 Å². The van der Waals surface area contributed by atoms with E-state index in [9.17, 15) is 4.79 Å². The lowest BCUT2D eigenvalue weighted by molar-refractivity contribution is 0.239. The maximum atomic E-state index is 10.9. The lowest BCUT2D eigenvalue weighted by Crippen LogP contribution is -2.41. The van der Waals surface area contributed by atoms with Gasteiger partial charge in [-0.05, 0) is 13.3 Å². The number of carbonyl (C=O) groups excluding carboxylic acids is 1. The summed E-state index contributed by atoms with van der Waals surface area (Å²) in [5.41, 5.74) is 0. The molecule has 0 radical (unpaired) electrons. The molecule has 2 amide bonds. The molecule has 0 rings (SSSR count). The highest BCUT2D eigenvalue weighted by Gasteiger charge is 2.07. The van der Waals surface area contributed by atoms with Crippen LogP contribution in [0, 0.1) is 11.3 Å². The first-order chi connectivity index (χ1) is 5.74. The minimum Gasteiger partial charge on any atom is -0.338 e. The molecular weight excluding hydrogens is 154 g/mol. The summed E-state index contributed by atoms with van der Waals surface area (Å²) in [5.74, 6) is 0. The number of nitrogens with zero attached hydrogens (tertiary/aromatic N) is 1. The van der Waals surface area contributed by atoms with E-state index in [4.69, 9.17) is 5.26 Å². The SMILES string of the molecule is CCCC(C#N)NC(=O)NCC. The third kappa shape index (κ3) is 4.56. The number of hydrogen-bond acceptors (Lipinski definition) is 2. The van der Waals surface area contributed by atoms with Gasteiger partial charge in [-0.15, -0.1) is 0 Å². The van der Waals surface area contributed by atoms with Crippen LogP contribution in [0.3, 0.4) is 0 Å². The van der Waals surface area contributed by atoms with Crippen molar-refractivity contribution < 1.29 is 4.79 Å². The van der Waals surface area contributed by atoms with Crippen molar-refractivity contribution in [1.29, 1.82) is 5.26 Å². The molecule has 2 N–H and O–H groups in total. The van der Waals surface area contributed by atoms with Crippen LogP contribution in [0.5, 0.6) is 0 Å². The van der Waals surface area contributed by atoms with Gasteiger partial charge in [0.1, 0.15) is 6.04 Å². The van der Waals surface area contributed by atoms with Crippen LogP contribution >= 0.6 is 0 Å². The fourth-order valence-electron chi connectivity index (χ4n) is 0.828. The van der Waals surface area contributed by atoms with Crippen LogP contribution in [0.4, 0.5) is 4.79 Å². The van der Waals surface area contributed by atoms with Gasteiger partial charge in [0.25, 0.3) is 0 Å². The predicted molar refractivity (Wildman–Crippen MR) is 46.5 cm³/mol. The Hall–Kier alpha value is -1.24. The zero-order valence-electron chi connectivity index (χ0n) is 7.55. The molecule has 0 bridgehead atoms. The first-order valence-electron chi connectivity index (χ1n) is 4.18. The first kappa shape index (κ1) is 10.8. The number of nitrogens with one attached hydrogen (secondary N) is 2. The average molecular weight is 169 g/mol. The van der Waals surface area contributed by atoms with Crippen molar-refractivity contribution in [2.24, 2.45) is 0 Å². The summed E-state index contributed by atoms with van der Waals surface area (Å²) in [6.45, 7) is 4.39. The van der Waals surface area contributed by atoms with Gasteiger partial charge in [0.15, 0.2) is 0 Å². The van der Waals surface area contributed by atoms with Gasteiger partial charge in [0.2, 0.25) is 0 Å². The van der Waals surface area contributed by atoms with Crippen molar-refractivity contribution in [3.63, 3.8) is 0 Å². The number of amides is 2. The van der Waals surface area contributed by atoms with E-state index >= 15 is 0 Å². The molecule has 4 heteroatoms. The van der Waals surface area contributed by atoms with E-state index in [-0.39, 0.29) is 12.1 Å². The fourth-order valence-corrected chi connectivity index (χ4v) is 0.828. The molecule has 1 unspecified atom stereocenters. The van der Waals surface area contributed by atoms with Gasteiger partial charge in [-0.1, -0.05) is 13.3 Å². The van der Waals surface area contributed by atoms with Gasteiger partial charge in [0, 0.05) is 6.54 Å². The maximum Gasteiger partial charge on any atom is 0.315 e. The fraction of sp³-hybridized carbons (Fsp3) is 0.750. The summed E-state index contributed by atoms with van der Waals surface area (Å²) in [7, 11) is 0. The summed E-state index contributed by atoms with van der Waals surface area (Å²) in [4.78, 5) is 10.9. The van der Waals surface area contributed by atoms with E-state index in [1.54, 1.807) is 0 Å². The van der Waals surface area contributed by atoms with E-state index in [0.717, 1.165) is 6.42 Å². The Morgan fingerprint density at radius 3 is 2.67 bits per heavy atom. The van der Waals surface area contributed by atoms with E-state index in [0.29, 0.717) is 13.0 Å². The molecule has 68 valence electrons. The maximum absolute atomic E-state index is 10.9. The Kier molecular flexibility index (Phi) is 5.80. The topological polar surface area (TPSA) is 64.9 Å². The Morgan fingerprint density at radius 2 is 2.25 bits per heavy atom. The molecular formula is C8H15N3O. The number of urea groups is 1. The second-order valence-corrected chi connectivity index (χ2v) is 2.47. The highest BCUT2D eigenvalue weighted by Crippen LogP contribution is 1.93. The summed E-state index contributed by atoms with van der Waals surface area (Å²) in [6.07, 6.45) is 1.60. The third-order valence-corrected chi connectivity index (χ3v) is 1.38. The molecule has 0 aliphatic rings. The van der Waals surface area contributed by atoms with E-state index < -0.39 is 0 Å². The normalized spacial score (nSPS) is 11.4. The Morgan fingerprint density at radius 1 is 1.58 bits per heavy atom. The molecule has 0 aromatic heterocycles. The average Bonchev–Trinajstić information content (AvgIpc) is 2.04. The Balaban J connectivity index is 3.71. The quantitative estimate of drug-likeness (QED) is 0.659. The smallest absolute Gasteiger partial charge is 0.315 e. The van der Waals surface area contributed by atoms with Crippen LogP contribution in [0.1, 0.15) is 26.7 Å². The van der Waals surface area contributed by atoms with Crippen molar-refractivity contribution in [1.82, 2.24) is 10.6 Å². The minimum atomic E-state index is -0.360. The largest absolute Gasteiger partial charge is 0.338 e. The first-order valence-corrected chi connectivity index (χ1v) is 4.18. The molecule has 12 heavy (non-hydrogen) atoms. The number of hydrogen-bond donors (Lipinski definition) is 2. The molecule has 0 aromatic carbocycles. The summed E-state index contributed by atoms with van der Waals surface area (Å²) < 4.78 is 0. The van der Waals surface area contributed by atoms with Crippen LogP contribution < -0.4 is 10.6 Å². The summed E-state index contributed by atoms with van der Waals surface area (Å²) in [6, 6.07) is 1.39.